The van der Waals surface area contributed by atoms with E-state index in [1.165, 1.54) is 30.2 Å². The van der Waals surface area contributed by atoms with Crippen LogP contribution >= 0.6 is 23.3 Å². The van der Waals surface area contributed by atoms with E-state index in [0.717, 1.165) is 4.90 Å². The topological polar surface area (TPSA) is 66.9 Å². The summed E-state index contributed by atoms with van der Waals surface area (Å²) >= 11 is 2.68. The molecule has 1 aromatic carbocycles. The lowest BCUT2D eigenvalue weighted by molar-refractivity contribution is -0.118. The number of hydrazine groups is 1. The Balaban J connectivity index is 1.97. The Morgan fingerprint density at radius 1 is 1.35 bits per heavy atom. The van der Waals surface area contributed by atoms with E-state index >= 15 is 0 Å². The van der Waals surface area contributed by atoms with Crippen molar-refractivity contribution < 1.29 is 4.79 Å². The first-order valence-electron chi connectivity index (χ1n) is 4.83. The summed E-state index contributed by atoms with van der Waals surface area (Å²) < 4.78 is 4.17. The standard InChI is InChI=1S/C10H10N4OS2/c1-7(15)12-13-9-11-10(14-17-9)16-8-5-3-2-4-6-8/h2-6H,1H3,(H,12,15)(H,11,13,14). The van der Waals surface area contributed by atoms with Crippen LogP contribution in [-0.4, -0.2) is 15.3 Å². The fourth-order valence-electron chi connectivity index (χ4n) is 1.04. The van der Waals surface area contributed by atoms with Crippen LogP contribution in [0, 0.1) is 0 Å². The third-order valence-electron chi connectivity index (χ3n) is 1.71. The molecule has 0 saturated carbocycles. The molecule has 7 heteroatoms. The highest BCUT2D eigenvalue weighted by molar-refractivity contribution is 7.99. The van der Waals surface area contributed by atoms with Crippen molar-refractivity contribution in [2.45, 2.75) is 17.0 Å². The Hall–Kier alpha value is -1.60. The minimum Gasteiger partial charge on any atom is -0.274 e. The number of carbonyl (C=O) groups is 1. The summed E-state index contributed by atoms with van der Waals surface area (Å²) in [5.41, 5.74) is 5.13. The van der Waals surface area contributed by atoms with Gasteiger partial charge in [-0.05, 0) is 23.9 Å². The van der Waals surface area contributed by atoms with Crippen LogP contribution in [0.15, 0.2) is 40.4 Å². The van der Waals surface area contributed by atoms with Gasteiger partial charge in [0.25, 0.3) is 0 Å². The average Bonchev–Trinajstić information content (AvgIpc) is 2.75. The average molecular weight is 266 g/mol. The number of hydrogen-bond donors (Lipinski definition) is 2. The van der Waals surface area contributed by atoms with Gasteiger partial charge in [0, 0.05) is 23.4 Å². The van der Waals surface area contributed by atoms with Crippen LogP contribution in [0.1, 0.15) is 6.92 Å². The van der Waals surface area contributed by atoms with Crippen LogP contribution < -0.4 is 10.9 Å². The molecule has 1 amide bonds. The molecule has 0 aliphatic heterocycles. The molecule has 0 unspecified atom stereocenters. The fourth-order valence-corrected chi connectivity index (χ4v) is 2.43. The summed E-state index contributed by atoms with van der Waals surface area (Å²) in [6.45, 7) is 1.42. The van der Waals surface area contributed by atoms with Crippen molar-refractivity contribution in [3.63, 3.8) is 0 Å². The molecule has 0 aliphatic rings. The second-order valence-corrected chi connectivity index (χ2v) is 4.90. The molecule has 0 aliphatic carbocycles. The molecule has 2 N–H and O–H groups in total. The number of nitrogens with zero attached hydrogens (tertiary/aromatic N) is 2. The minimum atomic E-state index is -0.169. The fraction of sp³-hybridized carbons (Fsp3) is 0.100. The van der Waals surface area contributed by atoms with E-state index in [1.54, 1.807) is 0 Å². The summed E-state index contributed by atoms with van der Waals surface area (Å²) in [4.78, 5) is 16.0. The normalized spacial score (nSPS) is 9.94. The van der Waals surface area contributed by atoms with Gasteiger partial charge in [-0.25, -0.2) is 0 Å². The molecule has 0 fully saturated rings. The number of carbonyl (C=O) groups excluding carboxylic acids is 1. The van der Waals surface area contributed by atoms with Crippen LogP contribution in [0.3, 0.4) is 0 Å². The molecule has 0 radical (unpaired) electrons. The highest BCUT2D eigenvalue weighted by Gasteiger charge is 2.05. The Labute approximate surface area is 107 Å². The van der Waals surface area contributed by atoms with Crippen LogP contribution in [0.2, 0.25) is 0 Å². The molecule has 88 valence electrons. The molecule has 5 nitrogen and oxygen atoms in total. The molecule has 0 spiro atoms. The second kappa shape index (κ2) is 5.65. The van der Waals surface area contributed by atoms with Crippen molar-refractivity contribution in [3.05, 3.63) is 30.3 Å². The molecular weight excluding hydrogens is 256 g/mol. The van der Waals surface area contributed by atoms with E-state index in [0.29, 0.717) is 10.3 Å². The van der Waals surface area contributed by atoms with E-state index in [4.69, 9.17) is 0 Å². The lowest BCUT2D eigenvalue weighted by Crippen LogP contribution is -2.26. The van der Waals surface area contributed by atoms with Gasteiger partial charge in [-0.2, -0.15) is 9.36 Å². The number of hydrogen-bond acceptors (Lipinski definition) is 6. The van der Waals surface area contributed by atoms with Gasteiger partial charge in [-0.1, -0.05) is 18.2 Å². The van der Waals surface area contributed by atoms with Gasteiger partial charge in [0.1, 0.15) is 0 Å². The molecular formula is C10H10N4OS2. The number of anilines is 1. The summed E-state index contributed by atoms with van der Waals surface area (Å²) in [6.07, 6.45) is 0. The SMILES string of the molecule is CC(=O)NNc1nc(Sc2ccccc2)ns1. The van der Waals surface area contributed by atoms with Gasteiger partial charge in [-0.15, -0.1) is 0 Å². The lowest BCUT2D eigenvalue weighted by atomic mass is 10.4. The molecule has 2 aromatic rings. The van der Waals surface area contributed by atoms with E-state index in [2.05, 4.69) is 20.2 Å². The third-order valence-corrected chi connectivity index (χ3v) is 3.32. The number of benzene rings is 1. The Kier molecular flexibility index (Phi) is 3.94. The van der Waals surface area contributed by atoms with Crippen molar-refractivity contribution in [3.8, 4) is 0 Å². The number of rotatable bonds is 4. The number of amides is 1. The van der Waals surface area contributed by atoms with Crippen LogP contribution in [0.5, 0.6) is 0 Å². The van der Waals surface area contributed by atoms with Crippen molar-refractivity contribution >= 4 is 34.3 Å². The largest absolute Gasteiger partial charge is 0.274 e. The van der Waals surface area contributed by atoms with Crippen LogP contribution in [0.4, 0.5) is 5.13 Å². The molecule has 1 aromatic heterocycles. The quantitative estimate of drug-likeness (QED) is 0.830. The van der Waals surface area contributed by atoms with Crippen molar-refractivity contribution in [2.24, 2.45) is 0 Å². The lowest BCUT2D eigenvalue weighted by Gasteiger charge is -1.99. The zero-order chi connectivity index (χ0) is 12.1. The van der Waals surface area contributed by atoms with Gasteiger partial charge < -0.3 is 0 Å². The van der Waals surface area contributed by atoms with Crippen molar-refractivity contribution in [2.75, 3.05) is 5.43 Å². The maximum absolute atomic E-state index is 10.7. The van der Waals surface area contributed by atoms with E-state index in [9.17, 15) is 4.79 Å². The summed E-state index contributed by atoms with van der Waals surface area (Å²) in [7, 11) is 0. The van der Waals surface area contributed by atoms with Crippen LogP contribution in [-0.2, 0) is 4.79 Å². The van der Waals surface area contributed by atoms with E-state index < -0.39 is 0 Å². The highest BCUT2D eigenvalue weighted by Crippen LogP contribution is 2.26. The van der Waals surface area contributed by atoms with E-state index in [-0.39, 0.29) is 5.91 Å². The zero-order valence-electron chi connectivity index (χ0n) is 9.01. The third kappa shape index (κ3) is 3.72. The summed E-state index contributed by atoms with van der Waals surface area (Å²) in [5.74, 6) is -0.169. The first kappa shape index (κ1) is 11.9. The molecule has 17 heavy (non-hydrogen) atoms. The zero-order valence-corrected chi connectivity index (χ0v) is 10.6. The van der Waals surface area contributed by atoms with Gasteiger partial charge in [0.05, 0.1) is 0 Å². The van der Waals surface area contributed by atoms with Gasteiger partial charge in [-0.3, -0.25) is 15.6 Å². The Morgan fingerprint density at radius 3 is 2.82 bits per heavy atom. The van der Waals surface area contributed by atoms with Crippen LogP contribution in [0.25, 0.3) is 0 Å². The number of aromatic nitrogens is 2. The molecule has 0 bridgehead atoms. The number of nitrogens with one attached hydrogen (secondary N) is 2. The van der Waals surface area contributed by atoms with Crippen molar-refractivity contribution in [1.82, 2.24) is 14.8 Å². The maximum atomic E-state index is 10.7. The molecule has 0 saturated heterocycles. The van der Waals surface area contributed by atoms with E-state index in [1.807, 2.05) is 30.3 Å². The monoisotopic (exact) mass is 266 g/mol. The smallest absolute Gasteiger partial charge is 0.235 e. The van der Waals surface area contributed by atoms with Gasteiger partial charge in [0.2, 0.25) is 16.2 Å². The maximum Gasteiger partial charge on any atom is 0.235 e. The second-order valence-electron chi connectivity index (χ2n) is 3.10. The first-order chi connectivity index (χ1) is 8.24. The van der Waals surface area contributed by atoms with Gasteiger partial charge >= 0.3 is 0 Å². The predicted octanol–water partition coefficient (Wildman–Crippen LogP) is 2.15. The molecule has 1 heterocycles. The Bertz CT molecular complexity index is 500. The summed E-state index contributed by atoms with van der Waals surface area (Å²) in [5, 5.41) is 1.23. The summed E-state index contributed by atoms with van der Waals surface area (Å²) in [6, 6.07) is 9.87. The molecule has 2 rings (SSSR count). The molecule has 0 atom stereocenters. The Morgan fingerprint density at radius 2 is 2.12 bits per heavy atom. The van der Waals surface area contributed by atoms with Gasteiger partial charge in [0.15, 0.2) is 0 Å². The van der Waals surface area contributed by atoms with Crippen molar-refractivity contribution in [1.29, 1.82) is 0 Å². The minimum absolute atomic E-state index is 0.169. The first-order valence-corrected chi connectivity index (χ1v) is 6.42. The highest BCUT2D eigenvalue weighted by atomic mass is 32.2. The predicted molar refractivity (Wildman–Crippen MR) is 67.9 cm³/mol.